The van der Waals surface area contributed by atoms with Crippen molar-refractivity contribution in [2.45, 2.75) is 27.2 Å². The molecule has 1 amide bonds. The van der Waals surface area contributed by atoms with E-state index in [2.05, 4.69) is 26.5 Å². The minimum absolute atomic E-state index is 0.191. The third kappa shape index (κ3) is 5.53. The number of esters is 1. The van der Waals surface area contributed by atoms with Gasteiger partial charge in [-0.3, -0.25) is 9.59 Å². The molecule has 0 aromatic heterocycles. The van der Waals surface area contributed by atoms with E-state index in [-0.39, 0.29) is 12.6 Å². The number of amides is 1. The summed E-state index contributed by atoms with van der Waals surface area (Å²) < 4.78 is 11.4. The lowest BCUT2D eigenvalue weighted by Crippen LogP contribution is -2.29. The third-order valence-electron chi connectivity index (χ3n) is 4.03. The van der Waals surface area contributed by atoms with Crippen LogP contribution in [0, 0.1) is 5.92 Å². The number of hydrogen-bond donors (Lipinski definition) is 1. The Morgan fingerprint density at radius 1 is 1.19 bits per heavy atom. The molecule has 0 aliphatic heterocycles. The number of rotatable bonds is 8. The zero-order valence-corrected chi connectivity index (χ0v) is 17.2. The number of carbonyl (C=O) groups excluding carboxylic acids is 2. The topological polar surface area (TPSA) is 77.0 Å². The van der Waals surface area contributed by atoms with Crippen LogP contribution >= 0.6 is 15.9 Å². The summed E-state index contributed by atoms with van der Waals surface area (Å²) in [7, 11) is 0. The van der Waals surface area contributed by atoms with Gasteiger partial charge in [0.1, 0.15) is 5.75 Å². The summed E-state index contributed by atoms with van der Waals surface area (Å²) in [5, 5.41) is 6.09. The maximum Gasteiger partial charge on any atom is 0.314 e. The predicted molar refractivity (Wildman–Crippen MR) is 109 cm³/mol. The highest BCUT2D eigenvalue weighted by atomic mass is 79.9. The summed E-state index contributed by atoms with van der Waals surface area (Å²) in [4.78, 5) is 23.9. The van der Waals surface area contributed by atoms with Crippen molar-refractivity contribution in [1.29, 1.82) is 0 Å². The maximum absolute atomic E-state index is 12.0. The number of benzene rings is 2. The second-order valence-corrected chi connectivity index (χ2v) is 6.68. The lowest BCUT2D eigenvalue weighted by atomic mass is 10.0. The van der Waals surface area contributed by atoms with Crippen molar-refractivity contribution in [3.05, 3.63) is 40.9 Å². The summed E-state index contributed by atoms with van der Waals surface area (Å²) in [6, 6.07) is 11.6. The van der Waals surface area contributed by atoms with Gasteiger partial charge in [-0.05, 0) is 53.0 Å². The number of fused-ring (bicyclic) bond motifs is 1. The van der Waals surface area contributed by atoms with Gasteiger partial charge in [-0.1, -0.05) is 37.3 Å². The van der Waals surface area contributed by atoms with Gasteiger partial charge >= 0.3 is 5.97 Å². The van der Waals surface area contributed by atoms with E-state index in [4.69, 9.17) is 9.47 Å². The highest BCUT2D eigenvalue weighted by Gasteiger charge is 2.21. The van der Waals surface area contributed by atoms with Crippen molar-refractivity contribution in [2.75, 3.05) is 13.2 Å². The van der Waals surface area contributed by atoms with Gasteiger partial charge in [0.2, 0.25) is 0 Å². The fourth-order valence-corrected chi connectivity index (χ4v) is 3.21. The van der Waals surface area contributed by atoms with Gasteiger partial charge in [-0.25, -0.2) is 5.43 Å². The van der Waals surface area contributed by atoms with Gasteiger partial charge < -0.3 is 9.47 Å². The Morgan fingerprint density at radius 2 is 1.93 bits per heavy atom. The number of hydrazone groups is 1. The van der Waals surface area contributed by atoms with Crippen molar-refractivity contribution in [3.63, 3.8) is 0 Å². The smallest absolute Gasteiger partial charge is 0.314 e. The van der Waals surface area contributed by atoms with Crippen LogP contribution in [0.4, 0.5) is 0 Å². The number of nitrogens with one attached hydrogen (secondary N) is 1. The fraction of sp³-hybridized carbons (Fsp3) is 0.350. The molecule has 2 aromatic carbocycles. The van der Waals surface area contributed by atoms with Crippen LogP contribution in [0.3, 0.4) is 0 Å². The number of halogens is 1. The Hall–Kier alpha value is -2.41. The first-order valence-corrected chi connectivity index (χ1v) is 9.56. The largest absolute Gasteiger partial charge is 0.483 e. The first-order chi connectivity index (χ1) is 13.0. The summed E-state index contributed by atoms with van der Waals surface area (Å²) in [5.74, 6) is -0.650. The second kappa shape index (κ2) is 10.1. The normalized spacial score (nSPS) is 12.5. The average Bonchev–Trinajstić information content (AvgIpc) is 2.67. The minimum atomic E-state index is -0.471. The standard InChI is InChI=1S/C20H23BrN2O4/c1-4-15(20(25)26-5-2)13(3)22-23-18(24)12-27-17-11-10-14-8-6-7-9-16(14)19(17)21/h6-11,15H,4-5,12H2,1-3H3,(H,23,24)/b22-13-/t15-/m1/s1. The van der Waals surface area contributed by atoms with Crippen molar-refractivity contribution in [2.24, 2.45) is 11.0 Å². The summed E-state index contributed by atoms with van der Waals surface area (Å²) in [6.07, 6.45) is 0.546. The Bertz CT molecular complexity index is 851. The number of nitrogens with zero attached hydrogens (tertiary/aromatic N) is 1. The highest BCUT2D eigenvalue weighted by Crippen LogP contribution is 2.32. The number of carbonyl (C=O) groups is 2. The van der Waals surface area contributed by atoms with Crippen LogP contribution in [-0.4, -0.2) is 30.8 Å². The summed E-state index contributed by atoms with van der Waals surface area (Å²) in [5.41, 5.74) is 2.92. The van der Waals surface area contributed by atoms with Crippen molar-refractivity contribution in [1.82, 2.24) is 5.43 Å². The third-order valence-corrected chi connectivity index (χ3v) is 4.85. The van der Waals surface area contributed by atoms with Gasteiger partial charge in [0, 0.05) is 5.71 Å². The van der Waals surface area contributed by atoms with E-state index < -0.39 is 11.8 Å². The van der Waals surface area contributed by atoms with Crippen molar-refractivity contribution < 1.29 is 19.1 Å². The Morgan fingerprint density at radius 3 is 2.63 bits per heavy atom. The van der Waals surface area contributed by atoms with Crippen LogP contribution in [-0.2, 0) is 14.3 Å². The van der Waals surface area contributed by atoms with E-state index in [9.17, 15) is 9.59 Å². The number of ether oxygens (including phenoxy) is 2. The van der Waals surface area contributed by atoms with E-state index in [0.29, 0.717) is 24.5 Å². The fourth-order valence-electron chi connectivity index (χ4n) is 2.60. The lowest BCUT2D eigenvalue weighted by Gasteiger charge is -2.13. The van der Waals surface area contributed by atoms with E-state index in [1.807, 2.05) is 43.3 Å². The monoisotopic (exact) mass is 434 g/mol. The van der Waals surface area contributed by atoms with Gasteiger partial charge in [0.25, 0.3) is 5.91 Å². The van der Waals surface area contributed by atoms with Gasteiger partial charge in [-0.2, -0.15) is 5.10 Å². The Balaban J connectivity index is 1.96. The Kier molecular flexibility index (Phi) is 7.79. The van der Waals surface area contributed by atoms with Crippen molar-refractivity contribution >= 4 is 44.3 Å². The molecule has 0 aliphatic carbocycles. The molecule has 0 heterocycles. The molecule has 1 atom stereocenters. The average molecular weight is 435 g/mol. The van der Waals surface area contributed by atoms with Gasteiger partial charge in [0.15, 0.2) is 6.61 Å². The number of hydrogen-bond acceptors (Lipinski definition) is 5. The SMILES string of the molecule is CCOC(=O)[C@H](CC)/C(C)=N\NC(=O)COc1ccc2ccccc2c1Br. The Labute approximate surface area is 167 Å². The highest BCUT2D eigenvalue weighted by molar-refractivity contribution is 9.10. The molecule has 0 unspecified atom stereocenters. The van der Waals surface area contributed by atoms with Crippen LogP contribution in [0.1, 0.15) is 27.2 Å². The van der Waals surface area contributed by atoms with Crippen LogP contribution in [0.25, 0.3) is 10.8 Å². The predicted octanol–water partition coefficient (Wildman–Crippen LogP) is 4.06. The lowest BCUT2D eigenvalue weighted by molar-refractivity contribution is -0.145. The van der Waals surface area contributed by atoms with Crippen LogP contribution in [0.5, 0.6) is 5.75 Å². The summed E-state index contributed by atoms with van der Waals surface area (Å²) in [6.45, 7) is 5.42. The van der Waals surface area contributed by atoms with E-state index in [1.54, 1.807) is 13.8 Å². The second-order valence-electron chi connectivity index (χ2n) is 5.89. The first-order valence-electron chi connectivity index (χ1n) is 8.77. The minimum Gasteiger partial charge on any atom is -0.483 e. The van der Waals surface area contributed by atoms with E-state index in [0.717, 1.165) is 15.2 Å². The van der Waals surface area contributed by atoms with E-state index in [1.165, 1.54) is 0 Å². The van der Waals surface area contributed by atoms with Crippen LogP contribution in [0.2, 0.25) is 0 Å². The molecule has 0 aliphatic rings. The molecule has 0 spiro atoms. The molecule has 0 bridgehead atoms. The molecular weight excluding hydrogens is 412 g/mol. The molecule has 0 saturated heterocycles. The van der Waals surface area contributed by atoms with Crippen LogP contribution in [0.15, 0.2) is 46.0 Å². The maximum atomic E-state index is 12.0. The molecule has 0 fully saturated rings. The molecule has 2 aromatic rings. The molecule has 2 rings (SSSR count). The van der Waals surface area contributed by atoms with Crippen molar-refractivity contribution in [3.8, 4) is 5.75 Å². The first kappa shape index (κ1) is 20.9. The van der Waals surface area contributed by atoms with Gasteiger partial charge in [0.05, 0.1) is 17.0 Å². The zero-order chi connectivity index (χ0) is 19.8. The quantitative estimate of drug-likeness (QED) is 0.386. The molecule has 6 nitrogen and oxygen atoms in total. The molecule has 27 heavy (non-hydrogen) atoms. The summed E-state index contributed by atoms with van der Waals surface area (Å²) >= 11 is 3.52. The zero-order valence-electron chi connectivity index (χ0n) is 15.6. The van der Waals surface area contributed by atoms with Crippen LogP contribution < -0.4 is 10.2 Å². The van der Waals surface area contributed by atoms with Gasteiger partial charge in [-0.15, -0.1) is 0 Å². The molecule has 7 heteroatoms. The molecule has 0 radical (unpaired) electrons. The molecule has 1 N–H and O–H groups in total. The molecule has 144 valence electrons. The molecular formula is C20H23BrN2O4. The van der Waals surface area contributed by atoms with E-state index >= 15 is 0 Å². The molecule has 0 saturated carbocycles.